The van der Waals surface area contributed by atoms with E-state index >= 15 is 0 Å². The first-order valence-electron chi connectivity index (χ1n) is 9.32. The van der Waals surface area contributed by atoms with E-state index in [9.17, 15) is 20.0 Å². The van der Waals surface area contributed by atoms with Crippen LogP contribution in [0.1, 0.15) is 47.0 Å². The van der Waals surface area contributed by atoms with Gasteiger partial charge in [-0.05, 0) is 37.9 Å². The second kappa shape index (κ2) is 7.44. The van der Waals surface area contributed by atoms with E-state index in [1.165, 1.54) is 0 Å². The van der Waals surface area contributed by atoms with Crippen LogP contribution in [0.25, 0.3) is 0 Å². The van der Waals surface area contributed by atoms with Gasteiger partial charge in [0.15, 0.2) is 8.32 Å². The first-order valence-corrected chi connectivity index (χ1v) is 12.2. The van der Waals surface area contributed by atoms with Gasteiger partial charge in [-0.25, -0.2) is 0 Å². The van der Waals surface area contributed by atoms with E-state index in [0.29, 0.717) is 12.8 Å². The van der Waals surface area contributed by atoms with Gasteiger partial charge in [-0.3, -0.25) is 4.79 Å². The number of hydrogen-bond donors (Lipinski definition) is 2. The van der Waals surface area contributed by atoms with E-state index in [0.717, 1.165) is 6.42 Å². The molecule has 0 aromatic heterocycles. The molecule has 26 heavy (non-hydrogen) atoms. The molecule has 0 spiro atoms. The normalized spacial score (nSPS) is 33.8. The van der Waals surface area contributed by atoms with Crippen LogP contribution in [0, 0.1) is 22.0 Å². The Balaban J connectivity index is 2.08. The molecule has 2 aliphatic rings. The van der Waals surface area contributed by atoms with Gasteiger partial charge < -0.3 is 19.7 Å². The molecule has 1 saturated heterocycles. The molecule has 1 amide bonds. The minimum atomic E-state index is -2.03. The number of aliphatic hydroxyl groups excluding tert-OH is 1. The summed E-state index contributed by atoms with van der Waals surface area (Å²) < 4.78 is 6.38. The van der Waals surface area contributed by atoms with Gasteiger partial charge in [-0.2, -0.15) is 0 Å². The molecular formula is C17H32N2O6Si. The Hall–Kier alpha value is -1.19. The van der Waals surface area contributed by atoms with Gasteiger partial charge >= 0.3 is 0 Å². The van der Waals surface area contributed by atoms with Gasteiger partial charge in [0.1, 0.15) is 6.10 Å². The molecule has 9 heteroatoms. The van der Waals surface area contributed by atoms with Crippen molar-refractivity contribution in [3.63, 3.8) is 0 Å². The summed E-state index contributed by atoms with van der Waals surface area (Å²) in [5.74, 6) is -0.689. The number of carbonyl (C=O) groups excluding carboxylic acids is 1. The van der Waals surface area contributed by atoms with Crippen molar-refractivity contribution in [3.05, 3.63) is 10.1 Å². The summed E-state index contributed by atoms with van der Waals surface area (Å²) in [7, 11) is -2.03. The maximum atomic E-state index is 12.2. The van der Waals surface area contributed by atoms with E-state index in [2.05, 4.69) is 44.0 Å². The molecule has 0 unspecified atom stereocenters. The average molecular weight is 389 g/mol. The van der Waals surface area contributed by atoms with Crippen molar-refractivity contribution in [1.82, 2.24) is 5.32 Å². The van der Waals surface area contributed by atoms with E-state index < -0.39 is 25.6 Å². The highest BCUT2D eigenvalue weighted by molar-refractivity contribution is 6.74. The summed E-state index contributed by atoms with van der Waals surface area (Å²) in [6.45, 7) is 12.6. The Morgan fingerprint density at radius 2 is 1.96 bits per heavy atom. The third-order valence-electron chi connectivity index (χ3n) is 6.32. The molecule has 1 saturated carbocycles. The van der Waals surface area contributed by atoms with Gasteiger partial charge in [0.2, 0.25) is 5.91 Å². The Morgan fingerprint density at radius 1 is 1.35 bits per heavy atom. The van der Waals surface area contributed by atoms with Crippen LogP contribution < -0.4 is 5.32 Å². The maximum Gasteiger partial charge on any atom is 0.294 e. The van der Waals surface area contributed by atoms with Crippen LogP contribution in [-0.4, -0.2) is 48.8 Å². The number of nitrogens with one attached hydrogen (secondary N) is 1. The quantitative estimate of drug-likeness (QED) is 0.312. The zero-order valence-electron chi connectivity index (χ0n) is 16.5. The number of aliphatic hydroxyl groups is 1. The number of β-lactam (4-membered cyclic amide) rings is 1. The molecule has 1 heterocycles. The van der Waals surface area contributed by atoms with Crippen molar-refractivity contribution in [2.75, 3.05) is 0 Å². The highest BCUT2D eigenvalue weighted by atomic mass is 28.4. The molecule has 1 aliphatic heterocycles. The summed E-state index contributed by atoms with van der Waals surface area (Å²) in [6, 6.07) is -0.240. The molecule has 6 atom stereocenters. The highest BCUT2D eigenvalue weighted by Gasteiger charge is 2.53. The molecule has 0 bridgehead atoms. The molecule has 0 aromatic carbocycles. The van der Waals surface area contributed by atoms with Gasteiger partial charge in [0, 0.05) is 12.0 Å². The molecule has 2 rings (SSSR count). The predicted octanol–water partition coefficient (Wildman–Crippen LogP) is 2.25. The Morgan fingerprint density at radius 3 is 2.46 bits per heavy atom. The van der Waals surface area contributed by atoms with Gasteiger partial charge in [-0.15, -0.1) is 10.1 Å². The molecule has 0 radical (unpaired) electrons. The summed E-state index contributed by atoms with van der Waals surface area (Å²) in [6.07, 6.45) is -0.205. The zero-order chi connectivity index (χ0) is 19.9. The smallest absolute Gasteiger partial charge is 0.294 e. The van der Waals surface area contributed by atoms with Crippen LogP contribution in [0.5, 0.6) is 0 Å². The van der Waals surface area contributed by atoms with Gasteiger partial charge in [-0.1, -0.05) is 27.2 Å². The Bertz CT molecular complexity index is 550. The summed E-state index contributed by atoms with van der Waals surface area (Å²) in [5, 5.41) is 23.2. The van der Waals surface area contributed by atoms with Crippen LogP contribution in [0.15, 0.2) is 0 Å². The fourth-order valence-corrected chi connectivity index (χ4v) is 5.23. The van der Waals surface area contributed by atoms with Crippen molar-refractivity contribution >= 4 is 14.2 Å². The minimum Gasteiger partial charge on any atom is -0.413 e. The molecule has 1 aliphatic carbocycles. The van der Waals surface area contributed by atoms with Crippen molar-refractivity contribution in [2.45, 2.75) is 89.4 Å². The third-order valence-corrected chi connectivity index (χ3v) is 10.9. The lowest BCUT2D eigenvalue weighted by Gasteiger charge is -2.50. The van der Waals surface area contributed by atoms with Crippen LogP contribution in [0.2, 0.25) is 18.1 Å². The van der Waals surface area contributed by atoms with Crippen molar-refractivity contribution in [3.8, 4) is 0 Å². The van der Waals surface area contributed by atoms with Crippen molar-refractivity contribution in [1.29, 1.82) is 0 Å². The number of rotatable bonds is 6. The summed E-state index contributed by atoms with van der Waals surface area (Å²) >= 11 is 0. The highest BCUT2D eigenvalue weighted by Crippen LogP contribution is 2.41. The minimum absolute atomic E-state index is 0.0337. The average Bonchev–Trinajstić information content (AvgIpc) is 2.45. The monoisotopic (exact) mass is 388 g/mol. The number of amides is 1. The zero-order valence-corrected chi connectivity index (χ0v) is 17.5. The van der Waals surface area contributed by atoms with Crippen LogP contribution >= 0.6 is 0 Å². The van der Waals surface area contributed by atoms with Crippen LogP contribution in [-0.2, 0) is 14.1 Å². The van der Waals surface area contributed by atoms with E-state index in [-0.39, 0.29) is 34.9 Å². The third kappa shape index (κ3) is 4.20. The predicted molar refractivity (Wildman–Crippen MR) is 98.4 cm³/mol. The fraction of sp³-hybridized carbons (Fsp3) is 0.941. The van der Waals surface area contributed by atoms with Crippen LogP contribution in [0.3, 0.4) is 0 Å². The lowest BCUT2D eigenvalue weighted by molar-refractivity contribution is -0.771. The summed E-state index contributed by atoms with van der Waals surface area (Å²) in [4.78, 5) is 27.5. The van der Waals surface area contributed by atoms with Crippen LogP contribution in [0.4, 0.5) is 0 Å². The lowest BCUT2D eigenvalue weighted by atomic mass is 9.70. The van der Waals surface area contributed by atoms with E-state index in [4.69, 9.17) is 4.43 Å². The summed E-state index contributed by atoms with van der Waals surface area (Å²) in [5.41, 5.74) is 0. The lowest BCUT2D eigenvalue weighted by Crippen LogP contribution is -2.68. The number of nitrogens with zero attached hydrogens (tertiary/aromatic N) is 1. The first kappa shape index (κ1) is 21.1. The molecular weight excluding hydrogens is 356 g/mol. The van der Waals surface area contributed by atoms with Gasteiger partial charge in [0.25, 0.3) is 5.09 Å². The number of carbonyl (C=O) groups is 1. The Labute approximate surface area is 155 Å². The second-order valence-corrected chi connectivity index (χ2v) is 13.9. The molecule has 2 fully saturated rings. The second-order valence-electron chi connectivity index (χ2n) is 9.10. The largest absolute Gasteiger partial charge is 0.413 e. The SMILES string of the molecule is C[C@@H](O[Si](C)(C)C(C)(C)C)[C@H]1C(=O)N[C@@H]1[C@H]1CCC[C@H](O[N+](=O)[O-])[C@H]1O. The molecule has 8 nitrogen and oxygen atoms in total. The molecule has 150 valence electrons. The number of hydrogen-bond acceptors (Lipinski definition) is 6. The standard InChI is InChI=1S/C17H32N2O6Si/c1-10(25-26(5,6)17(2,3)4)13-14(18-16(13)21)11-8-7-9-12(15(11)20)24-19(22)23/h10-15,20H,7-9H2,1-6H3,(H,18,21)/t10-,11-,12+,13-,14-,15+/m1/s1. The van der Waals surface area contributed by atoms with Crippen molar-refractivity contribution in [2.24, 2.45) is 11.8 Å². The van der Waals surface area contributed by atoms with Gasteiger partial charge in [0.05, 0.1) is 18.1 Å². The Kier molecular flexibility index (Phi) is 6.04. The van der Waals surface area contributed by atoms with E-state index in [1.807, 2.05) is 6.92 Å². The topological polar surface area (TPSA) is 111 Å². The first-order chi connectivity index (χ1) is 11.8. The molecule has 0 aromatic rings. The maximum absolute atomic E-state index is 12.2. The molecule has 2 N–H and O–H groups in total. The van der Waals surface area contributed by atoms with E-state index in [1.54, 1.807) is 0 Å². The fourth-order valence-electron chi connectivity index (χ4n) is 3.80. The van der Waals surface area contributed by atoms with Crippen molar-refractivity contribution < 1.29 is 24.3 Å².